The van der Waals surface area contributed by atoms with Crippen LogP contribution in [0.3, 0.4) is 0 Å². The first kappa shape index (κ1) is 20.8. The molecule has 5 rings (SSSR count). The Kier molecular flexibility index (Phi) is 5.18. The molecule has 1 aliphatic heterocycles. The van der Waals surface area contributed by atoms with Crippen LogP contribution in [0.25, 0.3) is 0 Å². The summed E-state index contributed by atoms with van der Waals surface area (Å²) in [7, 11) is 0. The molecule has 4 aliphatic carbocycles. The van der Waals surface area contributed by atoms with Gasteiger partial charge in [0.05, 0.1) is 18.3 Å². The van der Waals surface area contributed by atoms with Crippen molar-refractivity contribution in [2.45, 2.75) is 117 Å². The Morgan fingerprint density at radius 1 is 0.931 bits per heavy atom. The van der Waals surface area contributed by atoms with Gasteiger partial charge in [0.25, 0.3) is 0 Å². The summed E-state index contributed by atoms with van der Waals surface area (Å²) in [5, 5.41) is 10.4. The minimum atomic E-state index is -0.115. The molecule has 5 fully saturated rings. The third-order valence-electron chi connectivity index (χ3n) is 11.2. The first-order valence-corrected chi connectivity index (χ1v) is 13.1. The molecule has 0 spiro atoms. The van der Waals surface area contributed by atoms with Crippen LogP contribution < -0.4 is 0 Å². The molecule has 0 aromatic heterocycles. The minimum absolute atomic E-state index is 0.115. The highest BCUT2D eigenvalue weighted by Crippen LogP contribution is 2.71. The van der Waals surface area contributed by atoms with Gasteiger partial charge < -0.3 is 9.84 Å². The summed E-state index contributed by atoms with van der Waals surface area (Å²) in [6, 6.07) is 0. The lowest BCUT2D eigenvalue weighted by molar-refractivity contribution is -0.115. The molecule has 0 radical (unpaired) electrons. The molecular formula is C27H46O2. The summed E-state index contributed by atoms with van der Waals surface area (Å²) >= 11 is 0. The van der Waals surface area contributed by atoms with Crippen molar-refractivity contribution in [2.75, 3.05) is 0 Å². The number of hydrogen-bond donors (Lipinski definition) is 1. The lowest BCUT2D eigenvalue weighted by Crippen LogP contribution is -2.57. The predicted molar refractivity (Wildman–Crippen MR) is 119 cm³/mol. The molecule has 166 valence electrons. The number of aliphatic hydroxyl groups excluding tert-OH is 1. The molecule has 29 heavy (non-hydrogen) atoms. The average molecular weight is 403 g/mol. The normalized spacial score (nSPS) is 54.3. The van der Waals surface area contributed by atoms with Crippen LogP contribution in [-0.4, -0.2) is 23.4 Å². The Hall–Kier alpha value is -0.0800. The molecule has 4 bridgehead atoms. The second kappa shape index (κ2) is 7.22. The first-order valence-electron chi connectivity index (χ1n) is 13.1. The Labute approximate surface area is 179 Å². The van der Waals surface area contributed by atoms with Crippen LogP contribution in [0.1, 0.15) is 98.8 Å². The fourth-order valence-electron chi connectivity index (χ4n) is 9.86. The first-order chi connectivity index (χ1) is 13.7. The fourth-order valence-corrected chi connectivity index (χ4v) is 9.86. The van der Waals surface area contributed by atoms with Crippen molar-refractivity contribution >= 4 is 0 Å². The van der Waals surface area contributed by atoms with Crippen molar-refractivity contribution in [1.29, 1.82) is 0 Å². The molecule has 11 atom stereocenters. The summed E-state index contributed by atoms with van der Waals surface area (Å²) in [5.74, 6) is 5.95. The standard InChI is InChI=1S/C27H46O2/c1-16(2)7-6-8-17(3)20-9-10-21-19-15-24-23-13-18(28)14-25(29-24)27(23,5)22(19)11-12-26(20,21)4/h16-25,28H,6-15H2,1-5H3/t17-,18-,19+,20-,21+,22+,23?,24+,25?,26-,27-/m1/s1. The van der Waals surface area contributed by atoms with E-state index in [2.05, 4.69) is 34.6 Å². The van der Waals surface area contributed by atoms with Crippen molar-refractivity contribution in [2.24, 2.45) is 52.3 Å². The second-order valence-corrected chi connectivity index (χ2v) is 12.9. The van der Waals surface area contributed by atoms with E-state index in [4.69, 9.17) is 4.74 Å². The van der Waals surface area contributed by atoms with Crippen molar-refractivity contribution < 1.29 is 9.84 Å². The van der Waals surface area contributed by atoms with Crippen LogP contribution in [0.15, 0.2) is 0 Å². The van der Waals surface area contributed by atoms with Crippen molar-refractivity contribution in [3.8, 4) is 0 Å². The average Bonchev–Trinajstić information content (AvgIpc) is 2.99. The number of aliphatic hydroxyl groups is 1. The third-order valence-corrected chi connectivity index (χ3v) is 11.2. The zero-order chi connectivity index (χ0) is 20.6. The van der Waals surface area contributed by atoms with Gasteiger partial charge in [-0.2, -0.15) is 0 Å². The van der Waals surface area contributed by atoms with Gasteiger partial charge in [0.1, 0.15) is 0 Å². The van der Waals surface area contributed by atoms with E-state index in [0.29, 0.717) is 29.0 Å². The van der Waals surface area contributed by atoms with Crippen LogP contribution in [0.5, 0.6) is 0 Å². The monoisotopic (exact) mass is 402 g/mol. The van der Waals surface area contributed by atoms with E-state index in [9.17, 15) is 5.11 Å². The smallest absolute Gasteiger partial charge is 0.0663 e. The molecule has 4 saturated carbocycles. The zero-order valence-corrected chi connectivity index (χ0v) is 19.7. The van der Waals surface area contributed by atoms with Gasteiger partial charge in [-0.25, -0.2) is 0 Å². The van der Waals surface area contributed by atoms with Gasteiger partial charge in [0, 0.05) is 11.8 Å². The second-order valence-electron chi connectivity index (χ2n) is 12.9. The number of fused-ring (bicyclic) bond motifs is 3. The van der Waals surface area contributed by atoms with E-state index >= 15 is 0 Å². The van der Waals surface area contributed by atoms with Gasteiger partial charge in [0.2, 0.25) is 0 Å². The van der Waals surface area contributed by atoms with E-state index in [0.717, 1.165) is 48.3 Å². The summed E-state index contributed by atoms with van der Waals surface area (Å²) in [6.07, 6.45) is 13.9. The van der Waals surface area contributed by atoms with Gasteiger partial charge >= 0.3 is 0 Å². The highest BCUT2D eigenvalue weighted by molar-refractivity contribution is 5.16. The Morgan fingerprint density at radius 3 is 2.48 bits per heavy atom. The summed E-state index contributed by atoms with van der Waals surface area (Å²) in [6.45, 7) is 12.6. The van der Waals surface area contributed by atoms with Crippen LogP contribution in [-0.2, 0) is 4.74 Å². The van der Waals surface area contributed by atoms with E-state index < -0.39 is 0 Å². The Bertz CT molecular complexity index is 616. The summed E-state index contributed by atoms with van der Waals surface area (Å²) < 4.78 is 6.65. The van der Waals surface area contributed by atoms with Gasteiger partial charge in [-0.05, 0) is 85.4 Å². The van der Waals surface area contributed by atoms with Gasteiger partial charge in [-0.3, -0.25) is 0 Å². The van der Waals surface area contributed by atoms with Crippen LogP contribution in [0.4, 0.5) is 0 Å². The van der Waals surface area contributed by atoms with Crippen molar-refractivity contribution in [3.63, 3.8) is 0 Å². The SMILES string of the molecule is CC(C)CCC[C@@H](C)[C@H]1CC[C@H]2[C@@H]3C[C@@H]4OC5C[C@H](O)CC4[C@@]5(C)[C@H]3CC[C@]12C. The number of hydrogen-bond acceptors (Lipinski definition) is 2. The van der Waals surface area contributed by atoms with Crippen LogP contribution in [0, 0.1) is 52.3 Å². The number of ether oxygens (including phenoxy) is 1. The molecule has 0 amide bonds. The van der Waals surface area contributed by atoms with Crippen LogP contribution in [0.2, 0.25) is 0 Å². The zero-order valence-electron chi connectivity index (χ0n) is 19.7. The van der Waals surface area contributed by atoms with Crippen molar-refractivity contribution in [3.05, 3.63) is 0 Å². The molecule has 2 unspecified atom stereocenters. The maximum Gasteiger partial charge on any atom is 0.0663 e. The molecule has 1 heterocycles. The maximum atomic E-state index is 10.4. The molecule has 0 aromatic carbocycles. The van der Waals surface area contributed by atoms with Crippen LogP contribution >= 0.6 is 0 Å². The third kappa shape index (κ3) is 3.01. The molecular weight excluding hydrogens is 356 g/mol. The van der Waals surface area contributed by atoms with E-state index in [-0.39, 0.29) is 6.10 Å². The largest absolute Gasteiger partial charge is 0.393 e. The highest BCUT2D eigenvalue weighted by atomic mass is 16.5. The predicted octanol–water partition coefficient (Wildman–Crippen LogP) is 6.46. The van der Waals surface area contributed by atoms with Gasteiger partial charge in [-0.15, -0.1) is 0 Å². The summed E-state index contributed by atoms with van der Waals surface area (Å²) in [4.78, 5) is 0. The van der Waals surface area contributed by atoms with Gasteiger partial charge in [-0.1, -0.05) is 53.9 Å². The topological polar surface area (TPSA) is 29.5 Å². The molecule has 2 heteroatoms. The molecule has 0 aromatic rings. The van der Waals surface area contributed by atoms with E-state index in [1.165, 1.54) is 51.4 Å². The summed E-state index contributed by atoms with van der Waals surface area (Å²) in [5.41, 5.74) is 0.912. The van der Waals surface area contributed by atoms with Gasteiger partial charge in [0.15, 0.2) is 0 Å². The van der Waals surface area contributed by atoms with E-state index in [1.54, 1.807) is 0 Å². The number of rotatable bonds is 5. The molecule has 1 saturated heterocycles. The van der Waals surface area contributed by atoms with Crippen molar-refractivity contribution in [1.82, 2.24) is 0 Å². The highest BCUT2D eigenvalue weighted by Gasteiger charge is 2.68. The quantitative estimate of drug-likeness (QED) is 0.572. The molecule has 1 N–H and O–H groups in total. The molecule has 5 aliphatic rings. The molecule has 2 nitrogen and oxygen atoms in total. The van der Waals surface area contributed by atoms with E-state index in [1.807, 2.05) is 0 Å². The fraction of sp³-hybridized carbons (Fsp3) is 1.00. The maximum absolute atomic E-state index is 10.4. The Morgan fingerprint density at radius 2 is 1.72 bits per heavy atom. The lowest BCUT2D eigenvalue weighted by Gasteiger charge is -2.59. The minimum Gasteiger partial charge on any atom is -0.393 e. The Balaban J connectivity index is 1.33. The lowest BCUT2D eigenvalue weighted by atomic mass is 9.44.